The highest BCUT2D eigenvalue weighted by atomic mass is 16.2. The molecule has 0 fully saturated rings. The summed E-state index contributed by atoms with van der Waals surface area (Å²) >= 11 is 0. The van der Waals surface area contributed by atoms with Crippen LogP contribution in [-0.2, 0) is 4.79 Å². The number of benzene rings is 1. The third kappa shape index (κ3) is 3.22. The van der Waals surface area contributed by atoms with Gasteiger partial charge < -0.3 is 5.32 Å². The van der Waals surface area contributed by atoms with Crippen molar-refractivity contribution in [2.24, 2.45) is 0 Å². The van der Waals surface area contributed by atoms with Gasteiger partial charge in [0.1, 0.15) is 6.04 Å². The number of nitrogens with one attached hydrogen (secondary N) is 1. The maximum Gasteiger partial charge on any atom is 0.244 e. The molecule has 0 aliphatic carbocycles. The Bertz CT molecular complexity index is 533. The minimum absolute atomic E-state index is 0.00422. The molecule has 100 valence electrons. The lowest BCUT2D eigenvalue weighted by Crippen LogP contribution is -2.31. The van der Waals surface area contributed by atoms with Gasteiger partial charge in [-0.3, -0.25) is 9.48 Å². The van der Waals surface area contributed by atoms with E-state index < -0.39 is 0 Å². The van der Waals surface area contributed by atoms with Crippen LogP contribution in [0.1, 0.15) is 26.3 Å². The molecule has 4 heteroatoms. The van der Waals surface area contributed by atoms with Gasteiger partial charge in [-0.05, 0) is 18.9 Å². The lowest BCUT2D eigenvalue weighted by Gasteiger charge is -2.11. The first kappa shape index (κ1) is 13.3. The van der Waals surface area contributed by atoms with Crippen molar-refractivity contribution in [3.63, 3.8) is 0 Å². The van der Waals surface area contributed by atoms with Crippen LogP contribution in [0.25, 0.3) is 11.1 Å². The Morgan fingerprint density at radius 2 is 2.05 bits per heavy atom. The van der Waals surface area contributed by atoms with Crippen LogP contribution >= 0.6 is 0 Å². The van der Waals surface area contributed by atoms with Crippen molar-refractivity contribution < 1.29 is 4.79 Å². The van der Waals surface area contributed by atoms with Gasteiger partial charge in [-0.2, -0.15) is 5.10 Å². The van der Waals surface area contributed by atoms with Gasteiger partial charge in [-0.15, -0.1) is 0 Å². The van der Waals surface area contributed by atoms with Crippen LogP contribution < -0.4 is 5.32 Å². The summed E-state index contributed by atoms with van der Waals surface area (Å²) in [6.45, 7) is 4.59. The highest BCUT2D eigenvalue weighted by molar-refractivity contribution is 5.79. The van der Waals surface area contributed by atoms with Crippen LogP contribution in [0.3, 0.4) is 0 Å². The zero-order chi connectivity index (χ0) is 13.7. The van der Waals surface area contributed by atoms with Gasteiger partial charge in [0.25, 0.3) is 0 Å². The van der Waals surface area contributed by atoms with Gasteiger partial charge in [0.15, 0.2) is 0 Å². The number of carbonyl (C=O) groups is 1. The molecule has 19 heavy (non-hydrogen) atoms. The second-order valence-electron chi connectivity index (χ2n) is 4.54. The molecule has 1 aromatic carbocycles. The van der Waals surface area contributed by atoms with Crippen molar-refractivity contribution in [2.45, 2.75) is 26.3 Å². The predicted molar refractivity (Wildman–Crippen MR) is 75.7 cm³/mol. The number of carbonyl (C=O) groups excluding carboxylic acids is 1. The van der Waals surface area contributed by atoms with Crippen molar-refractivity contribution in [1.82, 2.24) is 15.1 Å². The number of hydrogen-bond acceptors (Lipinski definition) is 2. The van der Waals surface area contributed by atoms with E-state index in [1.165, 1.54) is 0 Å². The summed E-state index contributed by atoms with van der Waals surface area (Å²) in [5, 5.41) is 7.16. The summed E-state index contributed by atoms with van der Waals surface area (Å²) < 4.78 is 1.70. The first-order valence-corrected chi connectivity index (χ1v) is 6.59. The van der Waals surface area contributed by atoms with Crippen LogP contribution in [0.5, 0.6) is 0 Å². The quantitative estimate of drug-likeness (QED) is 0.895. The minimum Gasteiger partial charge on any atom is -0.354 e. The van der Waals surface area contributed by atoms with E-state index >= 15 is 0 Å². The molecule has 1 atom stereocenters. The Labute approximate surface area is 113 Å². The number of aromatic nitrogens is 2. The molecule has 1 heterocycles. The molecule has 1 unspecified atom stereocenters. The standard InChI is InChI=1S/C15H19N3O/c1-3-9-16-15(19)12(2)18-11-14(10-17-18)13-7-5-4-6-8-13/h4-8,10-12H,3,9H2,1-2H3,(H,16,19). The summed E-state index contributed by atoms with van der Waals surface area (Å²) in [4.78, 5) is 11.9. The zero-order valence-corrected chi connectivity index (χ0v) is 11.3. The number of nitrogens with zero attached hydrogens (tertiary/aromatic N) is 2. The normalized spacial score (nSPS) is 12.1. The van der Waals surface area contributed by atoms with Crippen molar-refractivity contribution >= 4 is 5.91 Å². The molecule has 0 aliphatic heterocycles. The van der Waals surface area contributed by atoms with Gasteiger partial charge in [0.05, 0.1) is 6.20 Å². The lowest BCUT2D eigenvalue weighted by atomic mass is 10.1. The number of rotatable bonds is 5. The summed E-state index contributed by atoms with van der Waals surface area (Å²) in [6.07, 6.45) is 4.64. The monoisotopic (exact) mass is 257 g/mol. The van der Waals surface area contributed by atoms with E-state index in [-0.39, 0.29) is 11.9 Å². The molecule has 0 radical (unpaired) electrons. The fourth-order valence-electron chi connectivity index (χ4n) is 1.85. The van der Waals surface area contributed by atoms with Crippen molar-refractivity contribution in [3.05, 3.63) is 42.7 Å². The predicted octanol–water partition coefficient (Wildman–Crippen LogP) is 2.64. The third-order valence-corrected chi connectivity index (χ3v) is 3.03. The van der Waals surface area contributed by atoms with E-state index in [1.807, 2.05) is 50.4 Å². The average Bonchev–Trinajstić information content (AvgIpc) is 2.94. The fraction of sp³-hybridized carbons (Fsp3) is 0.333. The smallest absolute Gasteiger partial charge is 0.244 e. The molecular weight excluding hydrogens is 238 g/mol. The maximum atomic E-state index is 11.9. The topological polar surface area (TPSA) is 46.9 Å². The van der Waals surface area contributed by atoms with Crippen LogP contribution in [0.15, 0.2) is 42.7 Å². The van der Waals surface area contributed by atoms with Crippen LogP contribution in [0.4, 0.5) is 0 Å². The minimum atomic E-state index is -0.288. The maximum absolute atomic E-state index is 11.9. The fourth-order valence-corrected chi connectivity index (χ4v) is 1.85. The molecule has 1 aromatic heterocycles. The summed E-state index contributed by atoms with van der Waals surface area (Å²) in [5.41, 5.74) is 2.13. The average molecular weight is 257 g/mol. The molecule has 1 N–H and O–H groups in total. The highest BCUT2D eigenvalue weighted by Gasteiger charge is 2.15. The molecule has 0 spiro atoms. The van der Waals surface area contributed by atoms with Gasteiger partial charge >= 0.3 is 0 Å². The third-order valence-electron chi connectivity index (χ3n) is 3.03. The Hall–Kier alpha value is -2.10. The van der Waals surface area contributed by atoms with Gasteiger partial charge in [0, 0.05) is 18.3 Å². The Balaban J connectivity index is 2.11. The molecule has 4 nitrogen and oxygen atoms in total. The van der Waals surface area contributed by atoms with E-state index in [0.29, 0.717) is 6.54 Å². The molecule has 0 saturated heterocycles. The van der Waals surface area contributed by atoms with E-state index in [4.69, 9.17) is 0 Å². The zero-order valence-electron chi connectivity index (χ0n) is 11.3. The number of hydrogen-bond donors (Lipinski definition) is 1. The Kier molecular flexibility index (Phi) is 4.34. The van der Waals surface area contributed by atoms with Crippen LogP contribution in [-0.4, -0.2) is 22.2 Å². The SMILES string of the molecule is CCCNC(=O)C(C)n1cc(-c2ccccc2)cn1. The van der Waals surface area contributed by atoms with E-state index in [1.54, 1.807) is 10.9 Å². The Morgan fingerprint density at radius 3 is 2.74 bits per heavy atom. The van der Waals surface area contributed by atoms with Gasteiger partial charge in [0.2, 0.25) is 5.91 Å². The molecule has 2 rings (SSSR count). The largest absolute Gasteiger partial charge is 0.354 e. The molecule has 1 amide bonds. The van der Waals surface area contributed by atoms with Gasteiger partial charge in [-0.25, -0.2) is 0 Å². The van der Waals surface area contributed by atoms with Gasteiger partial charge in [-0.1, -0.05) is 37.3 Å². The van der Waals surface area contributed by atoms with E-state index in [9.17, 15) is 4.79 Å². The summed E-state index contributed by atoms with van der Waals surface area (Å²) in [6, 6.07) is 9.74. The summed E-state index contributed by atoms with van der Waals surface area (Å²) in [7, 11) is 0. The van der Waals surface area contributed by atoms with Crippen LogP contribution in [0, 0.1) is 0 Å². The first-order chi connectivity index (χ1) is 9.22. The second-order valence-corrected chi connectivity index (χ2v) is 4.54. The molecule has 0 saturated carbocycles. The van der Waals surface area contributed by atoms with Crippen molar-refractivity contribution in [1.29, 1.82) is 0 Å². The molecule has 0 aliphatic rings. The molecule has 0 bridgehead atoms. The first-order valence-electron chi connectivity index (χ1n) is 6.59. The van der Waals surface area contributed by atoms with E-state index in [2.05, 4.69) is 10.4 Å². The van der Waals surface area contributed by atoms with Crippen molar-refractivity contribution in [3.8, 4) is 11.1 Å². The highest BCUT2D eigenvalue weighted by Crippen LogP contribution is 2.19. The van der Waals surface area contributed by atoms with E-state index in [0.717, 1.165) is 17.5 Å². The molecule has 2 aromatic rings. The van der Waals surface area contributed by atoms with Crippen molar-refractivity contribution in [2.75, 3.05) is 6.54 Å². The molecular formula is C15H19N3O. The number of amides is 1. The summed E-state index contributed by atoms with van der Waals surface area (Å²) in [5.74, 6) is 0.00422. The van der Waals surface area contributed by atoms with Crippen LogP contribution in [0.2, 0.25) is 0 Å². The lowest BCUT2D eigenvalue weighted by molar-refractivity contribution is -0.124. The second kappa shape index (κ2) is 6.18. The Morgan fingerprint density at radius 1 is 1.32 bits per heavy atom.